The van der Waals surface area contributed by atoms with Gasteiger partial charge in [0.2, 0.25) is 5.91 Å². The van der Waals surface area contributed by atoms with Gasteiger partial charge in [0.1, 0.15) is 9.71 Å². The summed E-state index contributed by atoms with van der Waals surface area (Å²) in [5, 5.41) is 9.79. The summed E-state index contributed by atoms with van der Waals surface area (Å²) in [6.07, 6.45) is 2.06. The van der Waals surface area contributed by atoms with Gasteiger partial charge in [0, 0.05) is 13.1 Å². The Hall–Kier alpha value is -1.87. The first kappa shape index (κ1) is 16.0. The lowest BCUT2D eigenvalue weighted by Crippen LogP contribution is -2.29. The van der Waals surface area contributed by atoms with Crippen LogP contribution >= 0.6 is 23.1 Å². The van der Waals surface area contributed by atoms with Crippen molar-refractivity contribution in [3.8, 4) is 0 Å². The van der Waals surface area contributed by atoms with Gasteiger partial charge in [0.15, 0.2) is 5.16 Å². The van der Waals surface area contributed by atoms with Gasteiger partial charge in [-0.05, 0) is 25.3 Å². The number of likely N-dealkylation sites (tertiary alicyclic amines) is 1. The van der Waals surface area contributed by atoms with Crippen LogP contribution in [-0.4, -0.2) is 50.7 Å². The van der Waals surface area contributed by atoms with Crippen LogP contribution in [0.5, 0.6) is 0 Å². The van der Waals surface area contributed by atoms with E-state index in [1.807, 2.05) is 4.90 Å². The standard InChI is InChI=1S/C14H15N3O4S2/c1-7-9-11(19)15-14(16-12(9)23-10(7)13(20)21)22-6-8(18)17-4-2-3-5-17/h2-6H2,1H3,(H,20,21)(H,15,16,19). The van der Waals surface area contributed by atoms with Crippen molar-refractivity contribution in [2.24, 2.45) is 0 Å². The Bertz CT molecular complexity index is 836. The molecule has 0 saturated carbocycles. The van der Waals surface area contributed by atoms with Crippen molar-refractivity contribution in [1.82, 2.24) is 14.9 Å². The topological polar surface area (TPSA) is 103 Å². The average Bonchev–Trinajstić information content (AvgIpc) is 3.13. The number of carbonyl (C=O) groups excluding carboxylic acids is 1. The number of aryl methyl sites for hydroxylation is 1. The van der Waals surface area contributed by atoms with Crippen LogP contribution in [0, 0.1) is 6.92 Å². The molecule has 7 nitrogen and oxygen atoms in total. The van der Waals surface area contributed by atoms with E-state index in [0.717, 1.165) is 37.3 Å². The maximum atomic E-state index is 12.2. The largest absolute Gasteiger partial charge is 0.477 e. The fraction of sp³-hybridized carbons (Fsp3) is 0.429. The summed E-state index contributed by atoms with van der Waals surface area (Å²) in [7, 11) is 0. The van der Waals surface area contributed by atoms with Crippen LogP contribution < -0.4 is 5.56 Å². The van der Waals surface area contributed by atoms with Gasteiger partial charge >= 0.3 is 5.97 Å². The van der Waals surface area contributed by atoms with Crippen LogP contribution in [0.4, 0.5) is 0 Å². The van der Waals surface area contributed by atoms with Crippen LogP contribution in [0.2, 0.25) is 0 Å². The number of aromatic amines is 1. The summed E-state index contributed by atoms with van der Waals surface area (Å²) in [6, 6.07) is 0. The van der Waals surface area contributed by atoms with Crippen molar-refractivity contribution < 1.29 is 14.7 Å². The number of aromatic nitrogens is 2. The molecule has 1 aliphatic heterocycles. The number of hydrogen-bond acceptors (Lipinski definition) is 6. The van der Waals surface area contributed by atoms with E-state index >= 15 is 0 Å². The van der Waals surface area contributed by atoms with Gasteiger partial charge < -0.3 is 15.0 Å². The van der Waals surface area contributed by atoms with E-state index in [2.05, 4.69) is 9.97 Å². The summed E-state index contributed by atoms with van der Waals surface area (Å²) in [4.78, 5) is 44.6. The van der Waals surface area contributed by atoms with Crippen LogP contribution in [-0.2, 0) is 4.79 Å². The number of hydrogen-bond donors (Lipinski definition) is 2. The molecule has 23 heavy (non-hydrogen) atoms. The molecular weight excluding hydrogens is 338 g/mol. The Morgan fingerprint density at radius 1 is 1.39 bits per heavy atom. The van der Waals surface area contributed by atoms with Crippen LogP contribution in [0.15, 0.2) is 9.95 Å². The second-order valence-electron chi connectivity index (χ2n) is 5.29. The number of nitrogens with one attached hydrogen (secondary N) is 1. The fourth-order valence-corrected chi connectivity index (χ4v) is 4.43. The average molecular weight is 353 g/mol. The Morgan fingerprint density at radius 2 is 2.09 bits per heavy atom. The van der Waals surface area contributed by atoms with E-state index in [0.29, 0.717) is 20.9 Å². The second-order valence-corrected chi connectivity index (χ2v) is 7.25. The van der Waals surface area contributed by atoms with E-state index in [1.165, 1.54) is 11.8 Å². The molecule has 0 spiro atoms. The molecule has 0 aliphatic carbocycles. The minimum atomic E-state index is -1.07. The molecule has 0 bridgehead atoms. The molecule has 1 fully saturated rings. The molecule has 1 saturated heterocycles. The maximum Gasteiger partial charge on any atom is 0.346 e. The summed E-state index contributed by atoms with van der Waals surface area (Å²) in [6.45, 7) is 3.17. The van der Waals surface area contributed by atoms with Gasteiger partial charge in [0.25, 0.3) is 5.56 Å². The minimum absolute atomic E-state index is 0.0313. The number of aromatic carboxylic acids is 1. The first-order valence-corrected chi connectivity index (χ1v) is 8.95. The highest BCUT2D eigenvalue weighted by Crippen LogP contribution is 2.28. The van der Waals surface area contributed by atoms with Crippen molar-refractivity contribution in [3.63, 3.8) is 0 Å². The zero-order valence-corrected chi connectivity index (χ0v) is 14.1. The van der Waals surface area contributed by atoms with Gasteiger partial charge in [-0.1, -0.05) is 11.8 Å². The number of carboxylic acids is 1. The van der Waals surface area contributed by atoms with Gasteiger partial charge in [0.05, 0.1) is 11.1 Å². The lowest BCUT2D eigenvalue weighted by molar-refractivity contribution is -0.127. The van der Waals surface area contributed by atoms with Crippen molar-refractivity contribution in [3.05, 3.63) is 20.8 Å². The molecule has 3 heterocycles. The number of thiophene rings is 1. The Balaban J connectivity index is 1.83. The number of thioether (sulfide) groups is 1. The third-order valence-corrected chi connectivity index (χ3v) is 5.80. The highest BCUT2D eigenvalue weighted by atomic mass is 32.2. The van der Waals surface area contributed by atoms with Crippen molar-refractivity contribution in [1.29, 1.82) is 0 Å². The molecule has 9 heteroatoms. The molecular formula is C14H15N3O4S2. The summed E-state index contributed by atoms with van der Waals surface area (Å²) >= 11 is 2.15. The predicted octanol–water partition coefficient (Wildman–Crippen LogP) is 1.71. The number of rotatable bonds is 4. The summed E-state index contributed by atoms with van der Waals surface area (Å²) in [5.74, 6) is -0.822. The smallest absolute Gasteiger partial charge is 0.346 e. The van der Waals surface area contributed by atoms with E-state index in [1.54, 1.807) is 6.92 Å². The number of carboxylic acid groups (broad SMARTS) is 1. The number of nitrogens with zero attached hydrogens (tertiary/aromatic N) is 2. The molecule has 3 rings (SSSR count). The molecule has 0 radical (unpaired) electrons. The molecule has 0 unspecified atom stereocenters. The Labute approximate surface area is 139 Å². The minimum Gasteiger partial charge on any atom is -0.477 e. The SMILES string of the molecule is Cc1c(C(=O)O)sc2nc(SCC(=O)N3CCCC3)[nH]c(=O)c12. The molecule has 1 aliphatic rings. The van der Waals surface area contributed by atoms with Gasteiger partial charge in [-0.2, -0.15) is 0 Å². The number of carbonyl (C=O) groups is 2. The highest BCUT2D eigenvalue weighted by molar-refractivity contribution is 7.99. The summed E-state index contributed by atoms with van der Waals surface area (Å²) in [5.41, 5.74) is 0.0586. The van der Waals surface area contributed by atoms with Gasteiger partial charge in [-0.3, -0.25) is 9.59 Å². The van der Waals surface area contributed by atoms with Crippen LogP contribution in [0.3, 0.4) is 0 Å². The third-order valence-electron chi connectivity index (χ3n) is 3.76. The van der Waals surface area contributed by atoms with Gasteiger partial charge in [-0.25, -0.2) is 9.78 Å². The third kappa shape index (κ3) is 3.11. The highest BCUT2D eigenvalue weighted by Gasteiger charge is 2.20. The zero-order valence-electron chi connectivity index (χ0n) is 12.4. The Morgan fingerprint density at radius 3 is 2.74 bits per heavy atom. The lowest BCUT2D eigenvalue weighted by Gasteiger charge is -2.14. The molecule has 0 aromatic carbocycles. The first-order valence-electron chi connectivity index (χ1n) is 7.14. The predicted molar refractivity (Wildman–Crippen MR) is 88.5 cm³/mol. The zero-order chi connectivity index (χ0) is 16.6. The van der Waals surface area contributed by atoms with Crippen LogP contribution in [0.25, 0.3) is 10.2 Å². The van der Waals surface area contributed by atoms with E-state index in [9.17, 15) is 14.4 Å². The van der Waals surface area contributed by atoms with E-state index in [4.69, 9.17) is 5.11 Å². The van der Waals surface area contributed by atoms with Gasteiger partial charge in [-0.15, -0.1) is 11.3 Å². The molecule has 2 N–H and O–H groups in total. The first-order chi connectivity index (χ1) is 11.0. The monoisotopic (exact) mass is 353 g/mol. The normalized spacial score (nSPS) is 14.6. The molecule has 0 atom stereocenters. The van der Waals surface area contributed by atoms with E-state index in [-0.39, 0.29) is 22.1 Å². The Kier molecular flexibility index (Phi) is 4.40. The van der Waals surface area contributed by atoms with Crippen molar-refractivity contribution in [2.75, 3.05) is 18.8 Å². The van der Waals surface area contributed by atoms with Crippen molar-refractivity contribution >= 4 is 45.2 Å². The quantitative estimate of drug-likeness (QED) is 0.641. The van der Waals surface area contributed by atoms with E-state index < -0.39 is 5.97 Å². The second kappa shape index (κ2) is 6.32. The van der Waals surface area contributed by atoms with Crippen molar-refractivity contribution in [2.45, 2.75) is 24.9 Å². The lowest BCUT2D eigenvalue weighted by atomic mass is 10.2. The molecule has 1 amide bonds. The molecule has 122 valence electrons. The molecule has 2 aromatic heterocycles. The number of fused-ring (bicyclic) bond motifs is 1. The fourth-order valence-electron chi connectivity index (χ4n) is 2.58. The number of H-pyrrole nitrogens is 1. The molecule has 2 aromatic rings. The maximum absolute atomic E-state index is 12.2. The summed E-state index contributed by atoms with van der Waals surface area (Å²) < 4.78 is 0. The number of amides is 1. The van der Waals surface area contributed by atoms with Crippen LogP contribution in [0.1, 0.15) is 28.1 Å².